The minimum Gasteiger partial charge on any atom is -0.477 e. The highest BCUT2D eigenvalue weighted by Gasteiger charge is 2.04. The van der Waals surface area contributed by atoms with Crippen LogP contribution in [0.3, 0.4) is 0 Å². The van der Waals surface area contributed by atoms with Crippen LogP contribution in [0, 0.1) is 0 Å². The molecular formula is C16H15N3O. The molecule has 3 rings (SSSR count). The predicted molar refractivity (Wildman–Crippen MR) is 79.6 cm³/mol. The van der Waals surface area contributed by atoms with Gasteiger partial charge < -0.3 is 10.5 Å². The van der Waals surface area contributed by atoms with Gasteiger partial charge in [-0.3, -0.25) is 0 Å². The van der Waals surface area contributed by atoms with Crippen molar-refractivity contribution in [1.29, 1.82) is 0 Å². The average molecular weight is 265 g/mol. The highest BCUT2D eigenvalue weighted by atomic mass is 16.5. The number of anilines is 1. The smallest absolute Gasteiger partial charge is 0.224 e. The van der Waals surface area contributed by atoms with E-state index in [9.17, 15) is 0 Å². The van der Waals surface area contributed by atoms with Crippen LogP contribution in [-0.4, -0.2) is 16.6 Å². The maximum atomic E-state index is 5.91. The second kappa shape index (κ2) is 5.57. The highest BCUT2D eigenvalue weighted by molar-refractivity contribution is 5.82. The monoisotopic (exact) mass is 265 g/mol. The summed E-state index contributed by atoms with van der Waals surface area (Å²) >= 11 is 0. The van der Waals surface area contributed by atoms with Gasteiger partial charge in [-0.2, -0.15) is 0 Å². The molecule has 2 N–H and O–H groups in total. The summed E-state index contributed by atoms with van der Waals surface area (Å²) in [5.74, 6) is 0.616. The van der Waals surface area contributed by atoms with Crippen molar-refractivity contribution in [2.45, 2.75) is 6.42 Å². The summed E-state index contributed by atoms with van der Waals surface area (Å²) in [6, 6.07) is 15.6. The van der Waals surface area contributed by atoms with Crippen LogP contribution in [0.1, 0.15) is 5.56 Å². The van der Waals surface area contributed by atoms with Crippen molar-refractivity contribution >= 4 is 16.6 Å². The molecule has 1 heterocycles. The first-order chi connectivity index (χ1) is 9.84. The SMILES string of the molecule is Nc1ccccc1CCOc1ncnc2ccccc12. The van der Waals surface area contributed by atoms with E-state index in [0.29, 0.717) is 12.5 Å². The molecule has 0 aliphatic carbocycles. The van der Waals surface area contributed by atoms with Crippen LogP contribution in [0.15, 0.2) is 54.9 Å². The van der Waals surface area contributed by atoms with Crippen molar-refractivity contribution in [1.82, 2.24) is 9.97 Å². The zero-order chi connectivity index (χ0) is 13.8. The van der Waals surface area contributed by atoms with E-state index in [-0.39, 0.29) is 0 Å². The van der Waals surface area contributed by atoms with E-state index >= 15 is 0 Å². The van der Waals surface area contributed by atoms with Crippen molar-refractivity contribution in [2.75, 3.05) is 12.3 Å². The number of para-hydroxylation sites is 2. The Morgan fingerprint density at radius 2 is 1.75 bits per heavy atom. The van der Waals surface area contributed by atoms with E-state index < -0.39 is 0 Å². The van der Waals surface area contributed by atoms with Crippen LogP contribution >= 0.6 is 0 Å². The third kappa shape index (κ3) is 2.54. The molecule has 0 fully saturated rings. The lowest BCUT2D eigenvalue weighted by Crippen LogP contribution is -2.05. The fourth-order valence-electron chi connectivity index (χ4n) is 2.11. The molecule has 0 saturated carbocycles. The Hall–Kier alpha value is -2.62. The summed E-state index contributed by atoms with van der Waals surface area (Å²) in [6.45, 7) is 0.537. The second-order valence-corrected chi connectivity index (χ2v) is 4.49. The molecule has 0 spiro atoms. The summed E-state index contributed by atoms with van der Waals surface area (Å²) in [5.41, 5.74) is 8.68. The number of rotatable bonds is 4. The van der Waals surface area contributed by atoms with Crippen molar-refractivity contribution in [2.24, 2.45) is 0 Å². The minimum absolute atomic E-state index is 0.537. The molecule has 0 aliphatic rings. The molecule has 4 heteroatoms. The first kappa shape index (κ1) is 12.4. The van der Waals surface area contributed by atoms with Crippen LogP contribution in [0.4, 0.5) is 5.69 Å². The molecule has 0 bridgehead atoms. The van der Waals surface area contributed by atoms with Gasteiger partial charge in [0.1, 0.15) is 6.33 Å². The van der Waals surface area contributed by atoms with Crippen LogP contribution in [0.25, 0.3) is 10.9 Å². The number of hydrogen-bond acceptors (Lipinski definition) is 4. The number of nitrogens with zero attached hydrogens (tertiary/aromatic N) is 2. The number of nitrogen functional groups attached to an aromatic ring is 1. The highest BCUT2D eigenvalue weighted by Crippen LogP contribution is 2.21. The topological polar surface area (TPSA) is 61.0 Å². The number of aromatic nitrogens is 2. The molecule has 3 aromatic rings. The number of fused-ring (bicyclic) bond motifs is 1. The number of benzene rings is 2. The van der Waals surface area contributed by atoms with Gasteiger partial charge in [0.25, 0.3) is 0 Å². The van der Waals surface area contributed by atoms with Gasteiger partial charge in [-0.1, -0.05) is 30.3 Å². The summed E-state index contributed by atoms with van der Waals surface area (Å²) < 4.78 is 5.77. The van der Waals surface area contributed by atoms with Crippen LogP contribution in [-0.2, 0) is 6.42 Å². The normalized spacial score (nSPS) is 10.6. The van der Waals surface area contributed by atoms with Gasteiger partial charge in [-0.15, -0.1) is 0 Å². The largest absolute Gasteiger partial charge is 0.477 e. The molecular weight excluding hydrogens is 250 g/mol. The Morgan fingerprint density at radius 1 is 0.950 bits per heavy atom. The van der Waals surface area contributed by atoms with Gasteiger partial charge in [0.15, 0.2) is 0 Å². The molecule has 0 unspecified atom stereocenters. The van der Waals surface area contributed by atoms with Crippen molar-refractivity contribution < 1.29 is 4.74 Å². The molecule has 0 saturated heterocycles. The van der Waals surface area contributed by atoms with Crippen LogP contribution in [0.2, 0.25) is 0 Å². The Labute approximate surface area is 117 Å². The fraction of sp³-hybridized carbons (Fsp3) is 0.125. The third-order valence-corrected chi connectivity index (χ3v) is 3.17. The maximum Gasteiger partial charge on any atom is 0.224 e. The average Bonchev–Trinajstić information content (AvgIpc) is 2.49. The lowest BCUT2D eigenvalue weighted by atomic mass is 10.1. The molecule has 0 radical (unpaired) electrons. The lowest BCUT2D eigenvalue weighted by molar-refractivity contribution is 0.313. The van der Waals surface area contributed by atoms with Gasteiger partial charge in [0.2, 0.25) is 5.88 Å². The maximum absolute atomic E-state index is 5.91. The van der Waals surface area contributed by atoms with Gasteiger partial charge in [0, 0.05) is 12.1 Å². The summed E-state index contributed by atoms with van der Waals surface area (Å²) in [4.78, 5) is 8.41. The van der Waals surface area contributed by atoms with Gasteiger partial charge in [0.05, 0.1) is 17.5 Å². The van der Waals surface area contributed by atoms with E-state index in [2.05, 4.69) is 9.97 Å². The molecule has 20 heavy (non-hydrogen) atoms. The zero-order valence-electron chi connectivity index (χ0n) is 11.0. The van der Waals surface area contributed by atoms with Gasteiger partial charge in [-0.05, 0) is 23.8 Å². The summed E-state index contributed by atoms with van der Waals surface area (Å²) in [6.07, 6.45) is 2.28. The number of hydrogen-bond donors (Lipinski definition) is 1. The van der Waals surface area contributed by atoms with Crippen LogP contribution in [0.5, 0.6) is 5.88 Å². The number of ether oxygens (including phenoxy) is 1. The van der Waals surface area contributed by atoms with Crippen LogP contribution < -0.4 is 10.5 Å². The summed E-state index contributed by atoms with van der Waals surface area (Å²) in [7, 11) is 0. The van der Waals surface area contributed by atoms with Crippen molar-refractivity contribution in [3.05, 3.63) is 60.4 Å². The number of nitrogens with two attached hydrogens (primary N) is 1. The lowest BCUT2D eigenvalue weighted by Gasteiger charge is -2.08. The van der Waals surface area contributed by atoms with E-state index in [1.54, 1.807) is 0 Å². The second-order valence-electron chi connectivity index (χ2n) is 4.49. The Morgan fingerprint density at radius 3 is 2.65 bits per heavy atom. The molecule has 1 aromatic heterocycles. The first-order valence-corrected chi connectivity index (χ1v) is 6.50. The molecule has 0 atom stereocenters. The Balaban J connectivity index is 1.73. The minimum atomic E-state index is 0.537. The molecule has 100 valence electrons. The summed E-state index contributed by atoms with van der Waals surface area (Å²) in [5, 5.41) is 0.927. The predicted octanol–water partition coefficient (Wildman–Crippen LogP) is 2.83. The molecule has 4 nitrogen and oxygen atoms in total. The molecule has 0 aliphatic heterocycles. The standard InChI is InChI=1S/C16H15N3O/c17-14-7-3-1-5-12(14)9-10-20-16-13-6-2-4-8-15(13)18-11-19-16/h1-8,11H,9-10,17H2. The van der Waals surface area contributed by atoms with E-state index in [4.69, 9.17) is 10.5 Å². The molecule has 2 aromatic carbocycles. The zero-order valence-corrected chi connectivity index (χ0v) is 11.0. The third-order valence-electron chi connectivity index (χ3n) is 3.17. The van der Waals surface area contributed by atoms with Gasteiger partial charge in [-0.25, -0.2) is 9.97 Å². The van der Waals surface area contributed by atoms with E-state index in [0.717, 1.165) is 28.6 Å². The van der Waals surface area contributed by atoms with Crippen molar-refractivity contribution in [3.8, 4) is 5.88 Å². The van der Waals surface area contributed by atoms with E-state index in [1.165, 1.54) is 6.33 Å². The molecule has 0 amide bonds. The van der Waals surface area contributed by atoms with Crippen molar-refractivity contribution in [3.63, 3.8) is 0 Å². The Kier molecular flexibility index (Phi) is 3.46. The Bertz CT molecular complexity index is 722. The quantitative estimate of drug-likeness (QED) is 0.737. The fourth-order valence-corrected chi connectivity index (χ4v) is 2.11. The van der Waals surface area contributed by atoms with Gasteiger partial charge >= 0.3 is 0 Å². The first-order valence-electron chi connectivity index (χ1n) is 6.50. The van der Waals surface area contributed by atoms with E-state index in [1.807, 2.05) is 48.5 Å².